The third kappa shape index (κ3) is 4.97. The van der Waals surface area contributed by atoms with Crippen molar-refractivity contribution in [1.29, 1.82) is 0 Å². The number of nitrogens with one attached hydrogen (secondary N) is 1. The summed E-state index contributed by atoms with van der Waals surface area (Å²) >= 11 is 0. The smallest absolute Gasteiger partial charge is 0.0590 e. The first kappa shape index (κ1) is 12.0. The Kier molecular flexibility index (Phi) is 6.20. The van der Waals surface area contributed by atoms with Crippen molar-refractivity contribution in [3.05, 3.63) is 0 Å². The van der Waals surface area contributed by atoms with Crippen LogP contribution in [0.4, 0.5) is 0 Å². The molecule has 0 aromatic rings. The van der Waals surface area contributed by atoms with E-state index >= 15 is 0 Å². The van der Waals surface area contributed by atoms with Crippen LogP contribution in [0.3, 0.4) is 0 Å². The zero-order valence-electron chi connectivity index (χ0n) is 9.72. The molecule has 2 heteroatoms. The summed E-state index contributed by atoms with van der Waals surface area (Å²) in [6, 6.07) is 0.764. The highest BCUT2D eigenvalue weighted by Gasteiger charge is 2.19. The van der Waals surface area contributed by atoms with Crippen LogP contribution in [0.15, 0.2) is 0 Å². The third-order valence-electron chi connectivity index (χ3n) is 3.02. The number of hydrogen-bond donors (Lipinski definition) is 1. The molecule has 2 unspecified atom stereocenters. The molecule has 0 bridgehead atoms. The monoisotopic (exact) mass is 199 g/mol. The van der Waals surface area contributed by atoms with Crippen molar-refractivity contribution in [1.82, 2.24) is 5.32 Å². The topological polar surface area (TPSA) is 21.3 Å². The molecule has 1 fully saturated rings. The summed E-state index contributed by atoms with van der Waals surface area (Å²) in [5, 5.41) is 3.56. The Morgan fingerprint density at radius 3 is 2.79 bits per heavy atom. The molecular formula is C12H25NO. The van der Waals surface area contributed by atoms with Crippen molar-refractivity contribution in [2.75, 3.05) is 19.8 Å². The van der Waals surface area contributed by atoms with Crippen LogP contribution in [0.25, 0.3) is 0 Å². The lowest BCUT2D eigenvalue weighted by Crippen LogP contribution is -2.29. The predicted octanol–water partition coefficient (Wildman–Crippen LogP) is 2.58. The molecule has 0 spiro atoms. The van der Waals surface area contributed by atoms with E-state index in [0.717, 1.165) is 31.7 Å². The summed E-state index contributed by atoms with van der Waals surface area (Å²) in [7, 11) is 0. The van der Waals surface area contributed by atoms with E-state index in [9.17, 15) is 0 Å². The van der Waals surface area contributed by atoms with Crippen LogP contribution >= 0.6 is 0 Å². The van der Waals surface area contributed by atoms with Gasteiger partial charge in [0.1, 0.15) is 0 Å². The lowest BCUT2D eigenvalue weighted by molar-refractivity contribution is 0.131. The minimum absolute atomic E-state index is 0.764. The first-order chi connectivity index (χ1) is 6.83. The summed E-state index contributed by atoms with van der Waals surface area (Å²) in [5.41, 5.74) is 0. The minimum atomic E-state index is 0.764. The zero-order chi connectivity index (χ0) is 10.2. The van der Waals surface area contributed by atoms with Crippen molar-refractivity contribution in [2.24, 2.45) is 5.92 Å². The lowest BCUT2D eigenvalue weighted by Gasteiger charge is -2.12. The van der Waals surface area contributed by atoms with E-state index in [1.165, 1.54) is 32.1 Å². The van der Waals surface area contributed by atoms with Gasteiger partial charge in [0.25, 0.3) is 0 Å². The molecule has 1 saturated carbocycles. The number of rotatable bonds is 7. The normalized spacial score (nSPS) is 27.0. The number of hydrogen-bond acceptors (Lipinski definition) is 2. The summed E-state index contributed by atoms with van der Waals surface area (Å²) in [5.74, 6) is 0.925. The maximum atomic E-state index is 5.50. The Morgan fingerprint density at radius 2 is 2.14 bits per heavy atom. The molecule has 1 aliphatic rings. The molecule has 14 heavy (non-hydrogen) atoms. The number of ether oxygens (including phenoxy) is 1. The molecular weight excluding hydrogens is 174 g/mol. The second-order valence-corrected chi connectivity index (χ2v) is 4.54. The maximum absolute atomic E-state index is 5.50. The summed E-state index contributed by atoms with van der Waals surface area (Å²) in [4.78, 5) is 0. The Hall–Kier alpha value is -0.0800. The molecule has 84 valence electrons. The van der Waals surface area contributed by atoms with Crippen molar-refractivity contribution < 1.29 is 4.74 Å². The minimum Gasteiger partial charge on any atom is -0.380 e. The van der Waals surface area contributed by atoms with Gasteiger partial charge in [-0.25, -0.2) is 0 Å². The van der Waals surface area contributed by atoms with Crippen molar-refractivity contribution in [2.45, 2.75) is 52.0 Å². The lowest BCUT2D eigenvalue weighted by atomic mass is 10.1. The van der Waals surface area contributed by atoms with Gasteiger partial charge in [-0.3, -0.25) is 0 Å². The highest BCUT2D eigenvalue weighted by molar-refractivity contribution is 4.77. The van der Waals surface area contributed by atoms with Crippen LogP contribution in [0.1, 0.15) is 46.0 Å². The van der Waals surface area contributed by atoms with Crippen molar-refractivity contribution in [3.8, 4) is 0 Å². The molecule has 1 N–H and O–H groups in total. The highest BCUT2D eigenvalue weighted by atomic mass is 16.5. The van der Waals surface area contributed by atoms with E-state index in [0.29, 0.717) is 0 Å². The van der Waals surface area contributed by atoms with Gasteiger partial charge in [-0.05, 0) is 31.6 Å². The predicted molar refractivity (Wildman–Crippen MR) is 60.5 cm³/mol. The van der Waals surface area contributed by atoms with Crippen LogP contribution in [0.5, 0.6) is 0 Å². The van der Waals surface area contributed by atoms with Gasteiger partial charge in [0.05, 0.1) is 6.61 Å². The van der Waals surface area contributed by atoms with E-state index in [-0.39, 0.29) is 0 Å². The summed E-state index contributed by atoms with van der Waals surface area (Å²) in [6.07, 6.45) is 6.54. The fraction of sp³-hybridized carbons (Fsp3) is 1.00. The molecule has 1 rings (SSSR count). The zero-order valence-corrected chi connectivity index (χ0v) is 9.72. The first-order valence-corrected chi connectivity index (χ1v) is 6.14. The molecule has 2 atom stereocenters. The second-order valence-electron chi connectivity index (χ2n) is 4.54. The van der Waals surface area contributed by atoms with Crippen LogP contribution in [-0.4, -0.2) is 25.8 Å². The average Bonchev–Trinajstić information content (AvgIpc) is 2.58. The Labute approximate surface area is 88.4 Å². The molecule has 0 heterocycles. The van der Waals surface area contributed by atoms with Gasteiger partial charge in [-0.15, -0.1) is 0 Å². The average molecular weight is 199 g/mol. The van der Waals surface area contributed by atoms with E-state index in [1.807, 2.05) is 0 Å². The van der Waals surface area contributed by atoms with Crippen molar-refractivity contribution >= 4 is 0 Å². The van der Waals surface area contributed by atoms with Gasteiger partial charge < -0.3 is 10.1 Å². The van der Waals surface area contributed by atoms with Gasteiger partial charge >= 0.3 is 0 Å². The summed E-state index contributed by atoms with van der Waals surface area (Å²) in [6.45, 7) is 7.38. The van der Waals surface area contributed by atoms with Crippen LogP contribution in [-0.2, 0) is 4.74 Å². The maximum Gasteiger partial charge on any atom is 0.0590 e. The second kappa shape index (κ2) is 7.24. The Balaban J connectivity index is 1.84. The van der Waals surface area contributed by atoms with E-state index in [1.54, 1.807) is 0 Å². The Bertz CT molecular complexity index is 138. The molecule has 1 aliphatic carbocycles. The van der Waals surface area contributed by atoms with Gasteiger partial charge in [0, 0.05) is 19.2 Å². The van der Waals surface area contributed by atoms with E-state index < -0.39 is 0 Å². The standard InChI is InChI=1S/C12H25NO/c1-3-4-8-14-9-7-13-12-6-5-11(2)10-12/h11-13H,3-10H2,1-2H3. The van der Waals surface area contributed by atoms with Crippen LogP contribution in [0.2, 0.25) is 0 Å². The molecule has 0 saturated heterocycles. The first-order valence-electron chi connectivity index (χ1n) is 6.14. The fourth-order valence-electron chi connectivity index (χ4n) is 2.08. The van der Waals surface area contributed by atoms with Crippen LogP contribution < -0.4 is 5.32 Å². The molecule has 2 nitrogen and oxygen atoms in total. The van der Waals surface area contributed by atoms with Crippen LogP contribution in [0, 0.1) is 5.92 Å². The number of unbranched alkanes of at least 4 members (excludes halogenated alkanes) is 1. The highest BCUT2D eigenvalue weighted by Crippen LogP contribution is 2.24. The molecule has 0 aliphatic heterocycles. The molecule has 0 aromatic heterocycles. The largest absolute Gasteiger partial charge is 0.380 e. The Morgan fingerprint density at radius 1 is 1.29 bits per heavy atom. The fourth-order valence-corrected chi connectivity index (χ4v) is 2.08. The van der Waals surface area contributed by atoms with Crippen molar-refractivity contribution in [3.63, 3.8) is 0 Å². The molecule has 0 aromatic carbocycles. The SMILES string of the molecule is CCCCOCCNC1CCC(C)C1. The third-order valence-corrected chi connectivity index (χ3v) is 3.02. The molecule has 0 amide bonds. The van der Waals surface area contributed by atoms with Gasteiger partial charge in [-0.2, -0.15) is 0 Å². The molecule has 0 radical (unpaired) electrons. The quantitative estimate of drug-likeness (QED) is 0.636. The van der Waals surface area contributed by atoms with E-state index in [4.69, 9.17) is 4.74 Å². The van der Waals surface area contributed by atoms with Gasteiger partial charge in [-0.1, -0.05) is 20.3 Å². The van der Waals surface area contributed by atoms with Gasteiger partial charge in [0.2, 0.25) is 0 Å². The summed E-state index contributed by atoms with van der Waals surface area (Å²) < 4.78 is 5.50. The van der Waals surface area contributed by atoms with E-state index in [2.05, 4.69) is 19.2 Å². The van der Waals surface area contributed by atoms with Gasteiger partial charge in [0.15, 0.2) is 0 Å².